The molecule has 7 nitrogen and oxygen atoms in total. The molecule has 3 aromatic rings. The Morgan fingerprint density at radius 2 is 1.59 bits per heavy atom. The van der Waals surface area contributed by atoms with Gasteiger partial charge in [0.1, 0.15) is 12.6 Å². The van der Waals surface area contributed by atoms with Crippen molar-refractivity contribution in [2.24, 2.45) is 0 Å². The summed E-state index contributed by atoms with van der Waals surface area (Å²) < 4.78 is 28.9. The van der Waals surface area contributed by atoms with Crippen molar-refractivity contribution in [3.8, 4) is 0 Å². The smallest absolute Gasteiger partial charge is 0.264 e. The maximum absolute atomic E-state index is 14.1. The molecule has 1 N–H and O–H groups in total. The minimum Gasteiger partial charge on any atom is -0.352 e. The SMILES string of the molecule is Cc1ccc(N(CC(=O)N(Cc2ccccc2C)C(C)C(=O)NC2CCCCC2)S(=O)(=O)c2ccccc2)cc1Cl. The molecule has 1 aliphatic rings. The van der Waals surface area contributed by atoms with Gasteiger partial charge in [-0.2, -0.15) is 0 Å². The monoisotopic (exact) mass is 595 g/mol. The number of anilines is 1. The Morgan fingerprint density at radius 1 is 0.927 bits per heavy atom. The van der Waals surface area contributed by atoms with Crippen molar-refractivity contribution in [1.29, 1.82) is 0 Å². The number of nitrogens with one attached hydrogen (secondary N) is 1. The summed E-state index contributed by atoms with van der Waals surface area (Å²) in [7, 11) is -4.14. The number of carbonyl (C=O) groups excluding carboxylic acids is 2. The summed E-state index contributed by atoms with van der Waals surface area (Å²) in [5.41, 5.74) is 2.92. The lowest BCUT2D eigenvalue weighted by Gasteiger charge is -2.33. The van der Waals surface area contributed by atoms with Crippen LogP contribution in [-0.2, 0) is 26.2 Å². The van der Waals surface area contributed by atoms with E-state index in [0.717, 1.165) is 53.1 Å². The highest BCUT2D eigenvalue weighted by Gasteiger charge is 2.33. The predicted octanol–water partition coefficient (Wildman–Crippen LogP) is 6.02. The van der Waals surface area contributed by atoms with E-state index in [0.29, 0.717) is 5.02 Å². The molecule has 41 heavy (non-hydrogen) atoms. The Hall–Kier alpha value is -3.36. The van der Waals surface area contributed by atoms with Gasteiger partial charge in [-0.3, -0.25) is 13.9 Å². The first kappa shape index (κ1) is 30.6. The molecule has 9 heteroatoms. The maximum atomic E-state index is 14.1. The summed E-state index contributed by atoms with van der Waals surface area (Å²) in [4.78, 5) is 29.1. The van der Waals surface area contributed by atoms with Gasteiger partial charge in [0.25, 0.3) is 10.0 Å². The van der Waals surface area contributed by atoms with Crippen LogP contribution >= 0.6 is 11.6 Å². The van der Waals surface area contributed by atoms with Crippen molar-refractivity contribution in [2.45, 2.75) is 76.4 Å². The molecule has 1 aliphatic carbocycles. The second-order valence-corrected chi connectivity index (χ2v) is 13.0. The number of aryl methyl sites for hydroxylation is 2. The van der Waals surface area contributed by atoms with Crippen LogP contribution in [0.1, 0.15) is 55.7 Å². The van der Waals surface area contributed by atoms with Gasteiger partial charge in [-0.15, -0.1) is 0 Å². The van der Waals surface area contributed by atoms with E-state index < -0.39 is 28.5 Å². The quantitative estimate of drug-likeness (QED) is 0.311. The first-order valence-corrected chi connectivity index (χ1v) is 15.9. The first-order chi connectivity index (χ1) is 19.6. The van der Waals surface area contributed by atoms with Crippen molar-refractivity contribution in [1.82, 2.24) is 10.2 Å². The van der Waals surface area contributed by atoms with Gasteiger partial charge >= 0.3 is 0 Å². The van der Waals surface area contributed by atoms with Crippen LogP contribution in [0.15, 0.2) is 77.7 Å². The predicted molar refractivity (Wildman–Crippen MR) is 163 cm³/mol. The van der Waals surface area contributed by atoms with E-state index >= 15 is 0 Å². The third-order valence-corrected chi connectivity index (χ3v) is 9.97. The minimum atomic E-state index is -4.14. The summed E-state index contributed by atoms with van der Waals surface area (Å²) >= 11 is 6.39. The first-order valence-electron chi connectivity index (χ1n) is 14.1. The van der Waals surface area contributed by atoms with E-state index in [-0.39, 0.29) is 29.1 Å². The van der Waals surface area contributed by atoms with Crippen LogP contribution in [0.3, 0.4) is 0 Å². The van der Waals surface area contributed by atoms with Crippen LogP contribution in [0.5, 0.6) is 0 Å². The topological polar surface area (TPSA) is 86.8 Å². The molecule has 0 saturated heterocycles. The third kappa shape index (κ3) is 7.49. The molecule has 218 valence electrons. The van der Waals surface area contributed by atoms with Crippen LogP contribution in [0.2, 0.25) is 5.02 Å². The van der Waals surface area contributed by atoms with Gasteiger partial charge in [0.05, 0.1) is 10.6 Å². The highest BCUT2D eigenvalue weighted by Crippen LogP contribution is 2.29. The Balaban J connectivity index is 1.69. The summed E-state index contributed by atoms with van der Waals surface area (Å²) in [5.74, 6) is -0.731. The van der Waals surface area contributed by atoms with Crippen molar-refractivity contribution >= 4 is 39.1 Å². The summed E-state index contributed by atoms with van der Waals surface area (Å²) in [6.45, 7) is 5.14. The lowest BCUT2D eigenvalue weighted by Crippen LogP contribution is -2.53. The van der Waals surface area contributed by atoms with Crippen molar-refractivity contribution in [3.05, 3.63) is 94.5 Å². The van der Waals surface area contributed by atoms with E-state index in [1.54, 1.807) is 43.3 Å². The summed E-state index contributed by atoms with van der Waals surface area (Å²) in [6, 6.07) is 19.8. The van der Waals surface area contributed by atoms with E-state index in [2.05, 4.69) is 5.32 Å². The highest BCUT2D eigenvalue weighted by atomic mass is 35.5. The molecule has 0 bridgehead atoms. The van der Waals surface area contributed by atoms with Gasteiger partial charge in [-0.05, 0) is 74.6 Å². The zero-order valence-corrected chi connectivity index (χ0v) is 25.4. The molecule has 1 saturated carbocycles. The van der Waals surface area contributed by atoms with Crippen LogP contribution in [-0.4, -0.2) is 43.8 Å². The highest BCUT2D eigenvalue weighted by molar-refractivity contribution is 7.92. The molecular weight excluding hydrogens is 558 g/mol. The molecule has 4 rings (SSSR count). The number of sulfonamides is 1. The minimum absolute atomic E-state index is 0.0537. The molecule has 1 unspecified atom stereocenters. The maximum Gasteiger partial charge on any atom is 0.264 e. The largest absolute Gasteiger partial charge is 0.352 e. The van der Waals surface area contributed by atoms with Gasteiger partial charge in [0.15, 0.2) is 0 Å². The van der Waals surface area contributed by atoms with Crippen LogP contribution in [0.4, 0.5) is 5.69 Å². The number of halogens is 1. The van der Waals surface area contributed by atoms with Gasteiger partial charge in [-0.25, -0.2) is 8.42 Å². The molecular formula is C32H38ClN3O4S. The Morgan fingerprint density at radius 3 is 2.24 bits per heavy atom. The lowest BCUT2D eigenvalue weighted by atomic mass is 9.95. The number of hydrogen-bond acceptors (Lipinski definition) is 4. The Bertz CT molecular complexity index is 1470. The molecule has 0 aromatic heterocycles. The molecule has 0 radical (unpaired) electrons. The van der Waals surface area contributed by atoms with Crippen LogP contribution in [0.25, 0.3) is 0 Å². The van der Waals surface area contributed by atoms with Gasteiger partial charge < -0.3 is 10.2 Å². The zero-order valence-electron chi connectivity index (χ0n) is 23.8. The lowest BCUT2D eigenvalue weighted by molar-refractivity contribution is -0.139. The second-order valence-electron chi connectivity index (χ2n) is 10.7. The standard InChI is InChI=1S/C32H38ClN3O4S/c1-23-12-10-11-13-26(23)21-35(25(3)32(38)34-27-14-6-4-7-15-27)31(37)22-36(28-19-18-24(2)30(33)20-28)41(39,40)29-16-8-5-9-17-29/h5,8-13,16-20,25,27H,4,6-7,14-15,21-22H2,1-3H3,(H,34,38). The number of carbonyl (C=O) groups is 2. The van der Waals surface area contributed by atoms with Gasteiger partial charge in [-0.1, -0.05) is 79.4 Å². The van der Waals surface area contributed by atoms with E-state index in [4.69, 9.17) is 11.6 Å². The average molecular weight is 596 g/mol. The molecule has 2 amide bonds. The van der Waals surface area contributed by atoms with Gasteiger partial charge in [0.2, 0.25) is 11.8 Å². The Kier molecular flexibility index (Phi) is 10.1. The van der Waals surface area contributed by atoms with Gasteiger partial charge in [0, 0.05) is 17.6 Å². The third-order valence-electron chi connectivity index (χ3n) is 7.77. The molecule has 0 aliphatic heterocycles. The average Bonchev–Trinajstić information content (AvgIpc) is 2.97. The fraction of sp³-hybridized carbons (Fsp3) is 0.375. The van der Waals surface area contributed by atoms with Crippen molar-refractivity contribution in [2.75, 3.05) is 10.8 Å². The number of hydrogen-bond donors (Lipinski definition) is 1. The summed E-state index contributed by atoms with van der Waals surface area (Å²) in [5, 5.41) is 3.52. The molecule has 1 fully saturated rings. The summed E-state index contributed by atoms with van der Waals surface area (Å²) in [6.07, 6.45) is 5.13. The second kappa shape index (κ2) is 13.5. The molecule has 0 heterocycles. The van der Waals surface area contributed by atoms with Crippen molar-refractivity contribution < 1.29 is 18.0 Å². The molecule has 3 aromatic carbocycles. The Labute approximate surface area is 248 Å². The normalized spacial score (nSPS) is 14.7. The van der Waals surface area contributed by atoms with E-state index in [9.17, 15) is 18.0 Å². The van der Waals surface area contributed by atoms with E-state index in [1.165, 1.54) is 17.0 Å². The van der Waals surface area contributed by atoms with Crippen molar-refractivity contribution in [3.63, 3.8) is 0 Å². The van der Waals surface area contributed by atoms with Crippen LogP contribution < -0.4 is 9.62 Å². The van der Waals surface area contributed by atoms with Crippen LogP contribution in [0, 0.1) is 13.8 Å². The zero-order chi connectivity index (χ0) is 29.6. The molecule has 1 atom stereocenters. The fourth-order valence-corrected chi connectivity index (χ4v) is 6.71. The molecule has 0 spiro atoms. The number of amides is 2. The van der Waals surface area contributed by atoms with E-state index in [1.807, 2.05) is 38.1 Å². The number of benzene rings is 3. The number of nitrogens with zero attached hydrogens (tertiary/aromatic N) is 2. The number of rotatable bonds is 10. The fourth-order valence-electron chi connectivity index (χ4n) is 5.11.